The van der Waals surface area contributed by atoms with Crippen LogP contribution in [0.15, 0.2) is 88.8 Å². The van der Waals surface area contributed by atoms with Crippen LogP contribution < -0.4 is 10.6 Å². The van der Waals surface area contributed by atoms with Crippen molar-refractivity contribution in [3.63, 3.8) is 0 Å². The number of benzene rings is 4. The number of hydrogen-bond acceptors (Lipinski definition) is 11. The number of rotatable bonds is 14. The predicted octanol–water partition coefficient (Wildman–Crippen LogP) is 6.67. The van der Waals surface area contributed by atoms with E-state index in [1.807, 2.05) is 44.2 Å². The number of ketones is 2. The van der Waals surface area contributed by atoms with Crippen molar-refractivity contribution in [2.24, 2.45) is 9.98 Å². The number of nitrogens with zero attached hydrogens (tertiary/aromatic N) is 2. The fraction of sp³-hybridized carbons (Fsp3) is 0.282. The lowest BCUT2D eigenvalue weighted by molar-refractivity contribution is -0.118. The normalized spacial score (nSPS) is 12.0. The summed E-state index contributed by atoms with van der Waals surface area (Å²) in [7, 11) is 0. The molecule has 0 aliphatic heterocycles. The lowest BCUT2D eigenvalue weighted by Crippen LogP contribution is -2.28. The second-order valence-electron chi connectivity index (χ2n) is 11.6. The molecule has 50 heavy (non-hydrogen) atoms. The zero-order valence-electron chi connectivity index (χ0n) is 29.1. The van der Waals surface area contributed by atoms with Crippen molar-refractivity contribution >= 4 is 34.4 Å². The average Bonchev–Trinajstić information content (AvgIpc) is 3.11. The van der Waals surface area contributed by atoms with Gasteiger partial charge >= 0.3 is 0 Å². The topological polar surface area (TPSA) is 184 Å². The Morgan fingerprint density at radius 3 is 1.72 bits per heavy atom. The summed E-state index contributed by atoms with van der Waals surface area (Å²) in [6.45, 7) is 8.96. The van der Waals surface area contributed by atoms with E-state index in [9.17, 15) is 35.1 Å². The Labute approximate surface area is 292 Å². The van der Waals surface area contributed by atoms with Gasteiger partial charge in [-0.05, 0) is 82.1 Å². The maximum Gasteiger partial charge on any atom is 0.175 e. The van der Waals surface area contributed by atoms with Gasteiger partial charge in [-0.15, -0.1) is 0 Å². The molecule has 264 valence electrons. The van der Waals surface area contributed by atoms with Gasteiger partial charge in [0.2, 0.25) is 0 Å². The highest BCUT2D eigenvalue weighted by Gasteiger charge is 2.16. The van der Waals surface area contributed by atoms with Crippen LogP contribution in [0.2, 0.25) is 0 Å². The second kappa shape index (κ2) is 18.6. The largest absolute Gasteiger partial charge is 0.508 e. The molecule has 0 saturated heterocycles. The minimum atomic E-state index is -0.362. The molecule has 0 fully saturated rings. The molecule has 4 aromatic carbocycles. The van der Waals surface area contributed by atoms with Gasteiger partial charge in [0.25, 0.3) is 0 Å². The maximum atomic E-state index is 12.3. The Morgan fingerprint density at radius 1 is 0.680 bits per heavy atom. The smallest absolute Gasteiger partial charge is 0.175 e. The standard InChI is InChI=1S/C20H24N2O3.C19H22N2O4/c1-4-17(16-10-11-18(23)13(2)20(16)25)21-12-19(24)14(3)22-15-8-6-5-7-9-15;1-3-17(16-7-8-18(24)12(2)19(16)25)21-11-15(23)10-20-13-5-4-6-14(22)9-13/h5-11,14,22-23,25H,4,12H2,1-3H3;4-9,20,22,24-25H,3,10-11H2,1-2H3. The quantitative estimate of drug-likeness (QED) is 0.0714. The van der Waals surface area contributed by atoms with Crippen LogP contribution in [0.3, 0.4) is 0 Å². The van der Waals surface area contributed by atoms with Gasteiger partial charge in [-0.3, -0.25) is 19.6 Å². The van der Waals surface area contributed by atoms with E-state index in [-0.39, 0.29) is 66.0 Å². The molecule has 0 spiro atoms. The van der Waals surface area contributed by atoms with Crippen LogP contribution in [0.4, 0.5) is 11.4 Å². The average molecular weight is 683 g/mol. The molecular weight excluding hydrogens is 636 g/mol. The molecule has 0 amide bonds. The third-order valence-electron chi connectivity index (χ3n) is 7.94. The summed E-state index contributed by atoms with van der Waals surface area (Å²) in [6, 6.07) is 21.9. The van der Waals surface area contributed by atoms with E-state index in [1.54, 1.807) is 51.1 Å². The van der Waals surface area contributed by atoms with E-state index in [0.717, 1.165) is 5.69 Å². The first-order valence-electron chi connectivity index (χ1n) is 16.3. The van der Waals surface area contributed by atoms with Gasteiger partial charge in [0.05, 0.1) is 25.7 Å². The first-order valence-corrected chi connectivity index (χ1v) is 16.3. The monoisotopic (exact) mass is 682 g/mol. The number of hydrogen-bond donors (Lipinski definition) is 7. The van der Waals surface area contributed by atoms with Crippen molar-refractivity contribution < 1.29 is 35.1 Å². The first-order chi connectivity index (χ1) is 23.9. The molecule has 1 unspecified atom stereocenters. The van der Waals surface area contributed by atoms with Crippen LogP contribution in [-0.4, -0.2) is 74.2 Å². The van der Waals surface area contributed by atoms with E-state index in [1.165, 1.54) is 18.2 Å². The molecular formula is C39H46N4O7. The highest BCUT2D eigenvalue weighted by molar-refractivity contribution is 6.05. The number of aromatic hydroxyl groups is 5. The molecule has 7 N–H and O–H groups in total. The summed E-state index contributed by atoms with van der Waals surface area (Å²) in [6.07, 6.45) is 1.12. The van der Waals surface area contributed by atoms with Crippen molar-refractivity contribution in [2.75, 3.05) is 30.3 Å². The molecule has 0 aromatic heterocycles. The highest BCUT2D eigenvalue weighted by Crippen LogP contribution is 2.31. The number of carbonyl (C=O) groups is 2. The van der Waals surface area contributed by atoms with E-state index in [4.69, 9.17) is 0 Å². The molecule has 11 nitrogen and oxygen atoms in total. The molecule has 0 heterocycles. The highest BCUT2D eigenvalue weighted by atomic mass is 16.3. The predicted molar refractivity (Wildman–Crippen MR) is 199 cm³/mol. The number of phenols is 5. The van der Waals surface area contributed by atoms with Gasteiger partial charge in [0, 0.05) is 51.1 Å². The number of anilines is 2. The third-order valence-corrected chi connectivity index (χ3v) is 7.94. The number of aliphatic imine (C=N–C) groups is 2. The zero-order valence-corrected chi connectivity index (χ0v) is 29.1. The zero-order chi connectivity index (χ0) is 36.8. The molecule has 0 bridgehead atoms. The summed E-state index contributed by atoms with van der Waals surface area (Å²) < 4.78 is 0. The van der Waals surface area contributed by atoms with E-state index in [2.05, 4.69) is 20.6 Å². The Kier molecular flexibility index (Phi) is 14.4. The summed E-state index contributed by atoms with van der Waals surface area (Å²) in [4.78, 5) is 33.1. The number of para-hydroxylation sites is 1. The Balaban J connectivity index is 0.000000270. The molecule has 0 radical (unpaired) electrons. The fourth-order valence-electron chi connectivity index (χ4n) is 4.85. The van der Waals surface area contributed by atoms with Crippen LogP contribution in [0.5, 0.6) is 28.7 Å². The molecule has 1 atom stereocenters. The molecule has 11 heteroatoms. The van der Waals surface area contributed by atoms with Crippen molar-refractivity contribution in [1.82, 2.24) is 0 Å². The van der Waals surface area contributed by atoms with Crippen molar-refractivity contribution in [3.8, 4) is 28.7 Å². The minimum absolute atomic E-state index is 0.00325. The van der Waals surface area contributed by atoms with Gasteiger partial charge in [-0.25, -0.2) is 0 Å². The minimum Gasteiger partial charge on any atom is -0.508 e. The molecule has 0 aliphatic carbocycles. The van der Waals surface area contributed by atoms with Gasteiger partial charge in [-0.2, -0.15) is 0 Å². The van der Waals surface area contributed by atoms with E-state index >= 15 is 0 Å². The SMILES string of the molecule is CCC(=NCC(=O)C(C)Nc1ccccc1)c1ccc(O)c(C)c1O.CCC(=NCC(=O)CNc1cccc(O)c1)c1ccc(O)c(C)c1O. The second-order valence-corrected chi connectivity index (χ2v) is 11.6. The molecule has 0 aliphatic rings. The summed E-state index contributed by atoms with van der Waals surface area (Å²) >= 11 is 0. The van der Waals surface area contributed by atoms with Gasteiger partial charge in [0.1, 0.15) is 28.7 Å². The number of carbonyl (C=O) groups excluding carboxylic acids is 2. The number of Topliss-reactive ketones (excluding diaryl/α,β-unsaturated/α-hetero) is 2. The molecule has 0 saturated carbocycles. The Hall–Kier alpha value is -5.84. The maximum absolute atomic E-state index is 12.3. The van der Waals surface area contributed by atoms with Crippen LogP contribution in [0, 0.1) is 13.8 Å². The summed E-state index contributed by atoms with van der Waals surface area (Å²) in [5.74, 6) is 0.00184. The van der Waals surface area contributed by atoms with Crippen molar-refractivity contribution in [2.45, 2.75) is 53.5 Å². The molecule has 4 aromatic rings. The van der Waals surface area contributed by atoms with Crippen LogP contribution in [0.1, 0.15) is 55.9 Å². The van der Waals surface area contributed by atoms with Crippen LogP contribution in [-0.2, 0) is 9.59 Å². The van der Waals surface area contributed by atoms with Crippen molar-refractivity contribution in [1.29, 1.82) is 0 Å². The van der Waals surface area contributed by atoms with Gasteiger partial charge in [-0.1, -0.05) is 38.1 Å². The van der Waals surface area contributed by atoms with Crippen LogP contribution in [0.25, 0.3) is 0 Å². The third kappa shape index (κ3) is 10.8. The van der Waals surface area contributed by atoms with E-state index < -0.39 is 0 Å². The first kappa shape index (κ1) is 38.6. The summed E-state index contributed by atoms with van der Waals surface area (Å²) in [5.41, 5.74) is 4.64. The number of nitrogens with one attached hydrogen (secondary N) is 2. The Bertz CT molecular complexity index is 1840. The van der Waals surface area contributed by atoms with Gasteiger partial charge < -0.3 is 36.2 Å². The molecule has 4 rings (SSSR count). The van der Waals surface area contributed by atoms with E-state index in [0.29, 0.717) is 52.2 Å². The number of phenolic OH excluding ortho intramolecular Hbond substituents is 5. The van der Waals surface area contributed by atoms with Crippen molar-refractivity contribution in [3.05, 3.63) is 101 Å². The fourth-order valence-corrected chi connectivity index (χ4v) is 4.85. The lowest BCUT2D eigenvalue weighted by Gasteiger charge is -2.14. The van der Waals surface area contributed by atoms with Crippen LogP contribution >= 0.6 is 0 Å². The van der Waals surface area contributed by atoms with Gasteiger partial charge in [0.15, 0.2) is 11.6 Å². The summed E-state index contributed by atoms with van der Waals surface area (Å²) in [5, 5.41) is 55.1. The lowest BCUT2D eigenvalue weighted by atomic mass is 10.0. The Morgan fingerprint density at radius 2 is 1.20 bits per heavy atom.